The number of aliphatic hydroxyl groups excluding tert-OH is 1. The Hall–Kier alpha value is -3.56. The number of ether oxygens (including phenoxy) is 4. The lowest BCUT2D eigenvalue weighted by atomic mass is 9.94. The normalized spacial score (nSPS) is 20.0. The minimum Gasteiger partial charge on any atom is -0.507 e. The number of hydrogen-bond acceptors (Lipinski definition) is 8. The quantitative estimate of drug-likeness (QED) is 0.339. The monoisotopic (exact) mass is 496 g/mol. The van der Waals surface area contributed by atoms with Crippen LogP contribution in [0.4, 0.5) is 0 Å². The van der Waals surface area contributed by atoms with E-state index in [1.54, 1.807) is 50.6 Å². The van der Waals surface area contributed by atoms with Crippen molar-refractivity contribution >= 4 is 17.4 Å². The van der Waals surface area contributed by atoms with Crippen LogP contribution in [0.3, 0.4) is 0 Å². The highest BCUT2D eigenvalue weighted by Gasteiger charge is 2.47. The van der Waals surface area contributed by atoms with Gasteiger partial charge < -0.3 is 29.0 Å². The lowest BCUT2D eigenvalue weighted by Crippen LogP contribution is -2.42. The van der Waals surface area contributed by atoms with Gasteiger partial charge in [0.2, 0.25) is 0 Å². The minimum absolute atomic E-state index is 0.0232. The van der Waals surface area contributed by atoms with Crippen LogP contribution >= 0.6 is 0 Å². The third kappa shape index (κ3) is 4.89. The number of amides is 1. The maximum absolute atomic E-state index is 13.4. The van der Waals surface area contributed by atoms with Crippen molar-refractivity contribution < 1.29 is 33.6 Å². The summed E-state index contributed by atoms with van der Waals surface area (Å²) in [5, 5.41) is 11.4. The predicted molar refractivity (Wildman–Crippen MR) is 134 cm³/mol. The Kier molecular flexibility index (Phi) is 7.81. The highest BCUT2D eigenvalue weighted by Crippen LogP contribution is 2.43. The average molecular weight is 497 g/mol. The van der Waals surface area contributed by atoms with Crippen LogP contribution in [-0.2, 0) is 14.3 Å². The van der Waals surface area contributed by atoms with Gasteiger partial charge in [-0.3, -0.25) is 14.5 Å². The summed E-state index contributed by atoms with van der Waals surface area (Å²) in [6, 6.07) is 9.52. The Morgan fingerprint density at radius 2 is 1.69 bits per heavy atom. The SMILES string of the molecule is COc1ccc([C@@H]2C(=C(O)c3ccc(OC)c(C)c3)C(=O)C(=O)N2CCN2CCOCC2)c(OC)c1. The highest BCUT2D eigenvalue weighted by molar-refractivity contribution is 6.46. The van der Waals surface area contributed by atoms with Gasteiger partial charge in [-0.1, -0.05) is 0 Å². The van der Waals surface area contributed by atoms with Gasteiger partial charge in [-0.15, -0.1) is 0 Å². The summed E-state index contributed by atoms with van der Waals surface area (Å²) in [6.45, 7) is 5.50. The second-order valence-electron chi connectivity index (χ2n) is 8.74. The summed E-state index contributed by atoms with van der Waals surface area (Å²) in [4.78, 5) is 30.4. The fourth-order valence-corrected chi connectivity index (χ4v) is 4.73. The molecule has 0 bridgehead atoms. The first-order chi connectivity index (χ1) is 17.4. The predicted octanol–water partition coefficient (Wildman–Crippen LogP) is 2.77. The van der Waals surface area contributed by atoms with Crippen molar-refractivity contribution in [3.05, 3.63) is 58.7 Å². The van der Waals surface area contributed by atoms with E-state index < -0.39 is 17.7 Å². The number of aliphatic hydroxyl groups is 1. The number of hydrogen-bond donors (Lipinski definition) is 1. The molecule has 9 nitrogen and oxygen atoms in total. The van der Waals surface area contributed by atoms with E-state index in [0.29, 0.717) is 54.7 Å². The summed E-state index contributed by atoms with van der Waals surface area (Å²) in [6.07, 6.45) is 0. The van der Waals surface area contributed by atoms with Crippen LogP contribution in [0.5, 0.6) is 17.2 Å². The van der Waals surface area contributed by atoms with E-state index in [1.165, 1.54) is 12.0 Å². The van der Waals surface area contributed by atoms with Gasteiger partial charge in [0.05, 0.1) is 46.2 Å². The van der Waals surface area contributed by atoms with Gasteiger partial charge in [0.15, 0.2) is 0 Å². The lowest BCUT2D eigenvalue weighted by molar-refractivity contribution is -0.140. The van der Waals surface area contributed by atoms with Gasteiger partial charge in [-0.2, -0.15) is 0 Å². The Labute approximate surface area is 210 Å². The molecule has 1 N–H and O–H groups in total. The van der Waals surface area contributed by atoms with E-state index in [2.05, 4.69) is 4.90 Å². The zero-order valence-electron chi connectivity index (χ0n) is 21.1. The first kappa shape index (κ1) is 25.5. The zero-order valence-corrected chi connectivity index (χ0v) is 21.1. The van der Waals surface area contributed by atoms with Crippen molar-refractivity contribution in [1.82, 2.24) is 9.80 Å². The number of aryl methyl sites for hydroxylation is 1. The molecular weight excluding hydrogens is 464 g/mol. The standard InChI is InChI=1S/C27H32N2O7/c1-17-15-18(5-8-21(17)34-3)25(30)23-24(20-7-6-19(33-2)16-22(20)35-4)29(27(32)26(23)31)10-9-28-11-13-36-14-12-28/h5-8,15-16,24,30H,9-14H2,1-4H3/t24-/m1/s1. The molecule has 0 unspecified atom stereocenters. The maximum atomic E-state index is 13.4. The van der Waals surface area contributed by atoms with E-state index in [4.69, 9.17) is 18.9 Å². The molecule has 2 aliphatic heterocycles. The molecule has 2 saturated heterocycles. The van der Waals surface area contributed by atoms with Crippen molar-refractivity contribution in [1.29, 1.82) is 0 Å². The number of ketones is 1. The van der Waals surface area contributed by atoms with Crippen molar-refractivity contribution in [2.45, 2.75) is 13.0 Å². The topological polar surface area (TPSA) is 97.8 Å². The Balaban J connectivity index is 1.81. The number of carbonyl (C=O) groups excluding carboxylic acids is 2. The van der Waals surface area contributed by atoms with Crippen molar-refractivity contribution in [2.75, 3.05) is 60.7 Å². The van der Waals surface area contributed by atoms with Crippen LogP contribution in [0.25, 0.3) is 5.76 Å². The van der Waals surface area contributed by atoms with Gasteiger partial charge in [-0.05, 0) is 42.8 Å². The number of morpholine rings is 1. The van der Waals surface area contributed by atoms with Crippen LogP contribution in [0.15, 0.2) is 42.0 Å². The van der Waals surface area contributed by atoms with Crippen molar-refractivity contribution in [2.24, 2.45) is 0 Å². The Morgan fingerprint density at radius 3 is 2.33 bits per heavy atom. The number of carbonyl (C=O) groups is 2. The number of benzene rings is 2. The zero-order chi connectivity index (χ0) is 25.8. The lowest BCUT2D eigenvalue weighted by Gasteiger charge is -2.31. The molecule has 2 aromatic carbocycles. The Morgan fingerprint density at radius 1 is 0.972 bits per heavy atom. The van der Waals surface area contributed by atoms with E-state index in [-0.39, 0.29) is 11.3 Å². The van der Waals surface area contributed by atoms with E-state index in [9.17, 15) is 14.7 Å². The largest absolute Gasteiger partial charge is 0.507 e. The molecule has 0 radical (unpaired) electrons. The third-order valence-corrected chi connectivity index (χ3v) is 6.70. The van der Waals surface area contributed by atoms with E-state index in [0.717, 1.165) is 18.7 Å². The molecule has 0 aliphatic carbocycles. The van der Waals surface area contributed by atoms with Crippen LogP contribution in [-0.4, -0.2) is 87.3 Å². The molecule has 1 amide bonds. The van der Waals surface area contributed by atoms with E-state index in [1.807, 2.05) is 6.92 Å². The maximum Gasteiger partial charge on any atom is 0.295 e. The number of likely N-dealkylation sites (tertiary alicyclic amines) is 1. The van der Waals surface area contributed by atoms with Gasteiger partial charge in [-0.25, -0.2) is 0 Å². The summed E-state index contributed by atoms with van der Waals surface area (Å²) >= 11 is 0. The second-order valence-corrected chi connectivity index (χ2v) is 8.74. The molecule has 0 saturated carbocycles. The van der Waals surface area contributed by atoms with Gasteiger partial charge in [0.1, 0.15) is 23.0 Å². The first-order valence-electron chi connectivity index (χ1n) is 11.8. The highest BCUT2D eigenvalue weighted by atomic mass is 16.5. The van der Waals surface area contributed by atoms with Gasteiger partial charge in [0, 0.05) is 43.4 Å². The fraction of sp³-hybridized carbons (Fsp3) is 0.407. The number of rotatable bonds is 8. The molecule has 1 atom stereocenters. The third-order valence-electron chi connectivity index (χ3n) is 6.70. The number of methoxy groups -OCH3 is 3. The van der Waals surface area contributed by atoms with Crippen LogP contribution in [0.1, 0.15) is 22.7 Å². The van der Waals surface area contributed by atoms with Crippen molar-refractivity contribution in [3.63, 3.8) is 0 Å². The molecule has 2 aromatic rings. The summed E-state index contributed by atoms with van der Waals surface area (Å²) in [5.41, 5.74) is 1.83. The number of nitrogens with zero attached hydrogens (tertiary/aromatic N) is 2. The summed E-state index contributed by atoms with van der Waals surface area (Å²) in [5.74, 6) is 0.0616. The second kappa shape index (κ2) is 11.0. The molecule has 192 valence electrons. The molecule has 0 spiro atoms. The summed E-state index contributed by atoms with van der Waals surface area (Å²) in [7, 11) is 4.64. The first-order valence-corrected chi connectivity index (χ1v) is 11.8. The molecule has 36 heavy (non-hydrogen) atoms. The Bertz CT molecular complexity index is 1170. The molecule has 2 heterocycles. The van der Waals surface area contributed by atoms with Crippen molar-refractivity contribution in [3.8, 4) is 17.2 Å². The van der Waals surface area contributed by atoms with Gasteiger partial charge in [0.25, 0.3) is 11.7 Å². The minimum atomic E-state index is -0.825. The number of Topliss-reactive ketones (excluding diaryl/α,β-unsaturated/α-hetero) is 1. The van der Waals surface area contributed by atoms with Crippen LogP contribution in [0, 0.1) is 6.92 Å². The van der Waals surface area contributed by atoms with Gasteiger partial charge >= 0.3 is 0 Å². The van der Waals surface area contributed by atoms with Crippen LogP contribution in [0.2, 0.25) is 0 Å². The van der Waals surface area contributed by atoms with Crippen LogP contribution < -0.4 is 14.2 Å². The summed E-state index contributed by atoms with van der Waals surface area (Å²) < 4.78 is 21.7. The molecule has 2 aliphatic rings. The molecule has 4 rings (SSSR count). The molecular formula is C27H32N2O7. The fourth-order valence-electron chi connectivity index (χ4n) is 4.73. The smallest absolute Gasteiger partial charge is 0.295 e. The van der Waals surface area contributed by atoms with E-state index >= 15 is 0 Å². The molecule has 9 heteroatoms. The molecule has 0 aromatic heterocycles. The average Bonchev–Trinajstić information content (AvgIpc) is 3.16. The molecule has 2 fully saturated rings.